The predicted molar refractivity (Wildman–Crippen MR) is 94.6 cm³/mol. The van der Waals surface area contributed by atoms with Crippen LogP contribution in [0.4, 0.5) is 17.3 Å². The lowest BCUT2D eigenvalue weighted by Gasteiger charge is -2.18. The first-order chi connectivity index (χ1) is 11.3. The summed E-state index contributed by atoms with van der Waals surface area (Å²) in [7, 11) is -6.00. The van der Waals surface area contributed by atoms with Gasteiger partial charge in [-0.25, -0.2) is 0 Å². The van der Waals surface area contributed by atoms with Gasteiger partial charge in [0.05, 0.1) is 0 Å². The Labute approximate surface area is 144 Å². The number of hydrogen-bond donors (Lipinski definition) is 0. The summed E-state index contributed by atoms with van der Waals surface area (Å²) in [5.41, 5.74) is 1.32. The first kappa shape index (κ1) is 20.6. The number of halogens is 4. The topological polar surface area (TPSA) is 3.24 Å². The third-order valence-electron chi connectivity index (χ3n) is 3.17. The van der Waals surface area contributed by atoms with E-state index in [1.54, 1.807) is 0 Å². The van der Waals surface area contributed by atoms with Crippen LogP contribution in [0.1, 0.15) is 19.4 Å². The first-order valence-corrected chi connectivity index (χ1v) is 8.92. The average Bonchev–Trinajstić information content (AvgIpc) is 2.53. The summed E-state index contributed by atoms with van der Waals surface area (Å²) >= 11 is 0.0360. The molecule has 0 aromatic heterocycles. The summed E-state index contributed by atoms with van der Waals surface area (Å²) in [6.45, 7) is 8.76. The monoisotopic (exact) mass is 359 g/mol. The highest BCUT2D eigenvalue weighted by atomic mass is 32.2. The molecule has 0 amide bonds. The van der Waals surface area contributed by atoms with Crippen molar-refractivity contribution in [2.24, 2.45) is 0 Å². The predicted octanol–water partition coefficient (Wildman–Crippen LogP) is 5.59. The maximum absolute atomic E-state index is 9.75. The van der Waals surface area contributed by atoms with Crippen molar-refractivity contribution >= 4 is 18.3 Å². The van der Waals surface area contributed by atoms with E-state index in [0.717, 1.165) is 13.1 Å². The Morgan fingerprint density at radius 3 is 1.62 bits per heavy atom. The molecule has 0 bridgehead atoms. The molecular weight excluding hydrogens is 337 g/mol. The van der Waals surface area contributed by atoms with Gasteiger partial charge in [0, 0.05) is 13.1 Å². The fourth-order valence-corrected chi connectivity index (χ4v) is 4.33. The van der Waals surface area contributed by atoms with E-state index in [1.807, 2.05) is 0 Å². The minimum Gasteiger partial charge on any atom is -0.418 e. The van der Waals surface area contributed by atoms with Gasteiger partial charge in [-0.2, -0.15) is 0 Å². The SMILES string of the molecule is CCN(CC)[S+](c1ccccc1)c1ccc(C)cc1.F[B-](F)(F)F. The zero-order valence-electron chi connectivity index (χ0n) is 14.1. The summed E-state index contributed by atoms with van der Waals surface area (Å²) in [5.74, 6) is 0. The van der Waals surface area contributed by atoms with Gasteiger partial charge in [-0.3, -0.25) is 0 Å². The zero-order valence-corrected chi connectivity index (χ0v) is 14.9. The fourth-order valence-electron chi connectivity index (χ4n) is 2.13. The van der Waals surface area contributed by atoms with E-state index in [-0.39, 0.29) is 11.1 Å². The zero-order chi connectivity index (χ0) is 18.2. The second-order valence-corrected chi connectivity index (χ2v) is 7.05. The van der Waals surface area contributed by atoms with E-state index in [0.29, 0.717) is 0 Å². The molecule has 1 unspecified atom stereocenters. The van der Waals surface area contributed by atoms with Crippen molar-refractivity contribution in [3.8, 4) is 0 Å². The number of hydrogen-bond acceptors (Lipinski definition) is 1. The van der Waals surface area contributed by atoms with Gasteiger partial charge in [-0.15, -0.1) is 4.31 Å². The van der Waals surface area contributed by atoms with Crippen LogP contribution < -0.4 is 0 Å². The molecule has 2 rings (SSSR count). The number of aryl methyl sites for hydroxylation is 1. The van der Waals surface area contributed by atoms with Crippen molar-refractivity contribution in [2.45, 2.75) is 30.6 Å². The van der Waals surface area contributed by atoms with E-state index in [4.69, 9.17) is 0 Å². The highest BCUT2D eigenvalue weighted by Gasteiger charge is 2.31. The highest BCUT2D eigenvalue weighted by molar-refractivity contribution is 7.94. The molecule has 0 fully saturated rings. The van der Waals surface area contributed by atoms with Crippen LogP contribution in [-0.2, 0) is 11.1 Å². The molecule has 1 nitrogen and oxygen atoms in total. The van der Waals surface area contributed by atoms with Gasteiger partial charge in [0.25, 0.3) is 0 Å². The van der Waals surface area contributed by atoms with E-state index >= 15 is 0 Å². The molecule has 0 aliphatic rings. The van der Waals surface area contributed by atoms with Gasteiger partial charge in [-0.1, -0.05) is 35.9 Å². The van der Waals surface area contributed by atoms with Crippen molar-refractivity contribution in [1.82, 2.24) is 4.31 Å². The quantitative estimate of drug-likeness (QED) is 0.382. The lowest BCUT2D eigenvalue weighted by Crippen LogP contribution is -2.31. The third kappa shape index (κ3) is 7.40. The Morgan fingerprint density at radius 1 is 0.792 bits per heavy atom. The molecule has 1 atom stereocenters. The van der Waals surface area contributed by atoms with Crippen molar-refractivity contribution in [2.75, 3.05) is 13.1 Å². The molecule has 0 aliphatic heterocycles. The van der Waals surface area contributed by atoms with Crippen LogP contribution in [0.15, 0.2) is 64.4 Å². The molecular formula is C17H22BF4NS. The number of benzene rings is 2. The Hall–Kier alpha value is -1.47. The second-order valence-electron chi connectivity index (χ2n) is 5.02. The van der Waals surface area contributed by atoms with Gasteiger partial charge in [0.15, 0.2) is 20.9 Å². The minimum atomic E-state index is -6.00. The van der Waals surface area contributed by atoms with E-state index in [1.165, 1.54) is 15.4 Å². The summed E-state index contributed by atoms with van der Waals surface area (Å²) < 4.78 is 41.5. The molecule has 0 aliphatic carbocycles. The summed E-state index contributed by atoms with van der Waals surface area (Å²) in [4.78, 5) is 2.80. The van der Waals surface area contributed by atoms with Gasteiger partial charge in [0.1, 0.15) is 0 Å². The fraction of sp³-hybridized carbons (Fsp3) is 0.294. The molecule has 0 radical (unpaired) electrons. The third-order valence-corrected chi connectivity index (χ3v) is 5.64. The molecule has 0 N–H and O–H groups in total. The van der Waals surface area contributed by atoms with Crippen LogP contribution in [0.25, 0.3) is 0 Å². The largest absolute Gasteiger partial charge is 0.673 e. The maximum Gasteiger partial charge on any atom is 0.673 e. The van der Waals surface area contributed by atoms with E-state index < -0.39 is 7.25 Å². The van der Waals surface area contributed by atoms with E-state index in [9.17, 15) is 17.3 Å². The van der Waals surface area contributed by atoms with Gasteiger partial charge in [-0.05, 0) is 45.0 Å². The normalized spacial score (nSPS) is 12.5. The minimum absolute atomic E-state index is 0.0360. The second kappa shape index (κ2) is 9.74. The molecule has 2 aromatic rings. The molecule has 0 saturated carbocycles. The van der Waals surface area contributed by atoms with Crippen LogP contribution >= 0.6 is 0 Å². The highest BCUT2D eigenvalue weighted by Crippen LogP contribution is 2.26. The van der Waals surface area contributed by atoms with Gasteiger partial charge in [0.2, 0.25) is 0 Å². The lowest BCUT2D eigenvalue weighted by molar-refractivity contribution is 0.368. The van der Waals surface area contributed by atoms with Crippen LogP contribution in [0, 0.1) is 6.92 Å². The van der Waals surface area contributed by atoms with Crippen molar-refractivity contribution in [3.63, 3.8) is 0 Å². The molecule has 2 aromatic carbocycles. The Morgan fingerprint density at radius 2 is 1.21 bits per heavy atom. The summed E-state index contributed by atoms with van der Waals surface area (Å²) in [5, 5.41) is 0. The van der Waals surface area contributed by atoms with Crippen LogP contribution in [0.5, 0.6) is 0 Å². The van der Waals surface area contributed by atoms with Crippen molar-refractivity contribution in [3.05, 3.63) is 60.2 Å². The lowest BCUT2D eigenvalue weighted by atomic mass is 10.2. The van der Waals surface area contributed by atoms with Crippen LogP contribution in [0.2, 0.25) is 0 Å². The van der Waals surface area contributed by atoms with E-state index in [2.05, 4.69) is 79.7 Å². The summed E-state index contributed by atoms with van der Waals surface area (Å²) in [6.07, 6.45) is 0. The Kier molecular flexibility index (Phi) is 8.35. The molecule has 0 saturated heterocycles. The standard InChI is InChI=1S/C17H22NS.BF4/c1-4-18(5-2)19(16-9-7-6-8-10-16)17-13-11-15(3)12-14-17;2-1(3,4)5/h6-14H,4-5H2,1-3H3;/q+1;-1. The molecule has 0 spiro atoms. The molecule has 7 heteroatoms. The molecule has 24 heavy (non-hydrogen) atoms. The first-order valence-electron chi connectivity index (χ1n) is 7.74. The van der Waals surface area contributed by atoms with Crippen LogP contribution in [0.3, 0.4) is 0 Å². The van der Waals surface area contributed by atoms with Crippen LogP contribution in [-0.4, -0.2) is 24.6 Å². The smallest absolute Gasteiger partial charge is 0.418 e. The van der Waals surface area contributed by atoms with Gasteiger partial charge < -0.3 is 17.3 Å². The summed E-state index contributed by atoms with van der Waals surface area (Å²) in [6, 6.07) is 19.8. The van der Waals surface area contributed by atoms with Crippen molar-refractivity contribution < 1.29 is 17.3 Å². The number of rotatable bonds is 5. The molecule has 0 heterocycles. The Bertz CT molecular complexity index is 580. The van der Waals surface area contributed by atoms with Crippen molar-refractivity contribution in [1.29, 1.82) is 0 Å². The Balaban J connectivity index is 0.000000505. The molecule has 132 valence electrons. The maximum atomic E-state index is 9.75. The van der Waals surface area contributed by atoms with Gasteiger partial charge >= 0.3 is 7.25 Å². The number of nitrogens with zero attached hydrogens (tertiary/aromatic N) is 1. The average molecular weight is 359 g/mol.